The van der Waals surface area contributed by atoms with Gasteiger partial charge in [0.2, 0.25) is 5.88 Å². The van der Waals surface area contributed by atoms with Gasteiger partial charge < -0.3 is 9.84 Å². The van der Waals surface area contributed by atoms with Crippen LogP contribution in [0, 0.1) is 0 Å². The summed E-state index contributed by atoms with van der Waals surface area (Å²) in [5, 5.41) is 11.3. The Morgan fingerprint density at radius 2 is 1.91 bits per heavy atom. The van der Waals surface area contributed by atoms with Crippen LogP contribution in [0.25, 0.3) is 11.6 Å². The number of ether oxygens (including phenoxy) is 1. The monoisotopic (exact) mass is 445 g/mol. The third kappa shape index (κ3) is 4.15. The minimum absolute atomic E-state index is 0.276. The van der Waals surface area contributed by atoms with Crippen molar-refractivity contribution in [1.29, 1.82) is 0 Å². The molecule has 1 aliphatic carbocycles. The van der Waals surface area contributed by atoms with Crippen LogP contribution in [0.15, 0.2) is 58.5 Å². The highest BCUT2D eigenvalue weighted by molar-refractivity contribution is 7.10. The van der Waals surface area contributed by atoms with Gasteiger partial charge in [-0.2, -0.15) is 0 Å². The molecule has 3 aromatic rings. The lowest BCUT2D eigenvalue weighted by molar-refractivity contribution is 0.307. The molecular weight excluding hydrogens is 418 g/mol. The predicted octanol–water partition coefficient (Wildman–Crippen LogP) is 6.65. The topological polar surface area (TPSA) is 59.1 Å². The van der Waals surface area contributed by atoms with E-state index in [0.29, 0.717) is 12.5 Å². The van der Waals surface area contributed by atoms with Crippen LogP contribution < -0.4 is 9.54 Å². The van der Waals surface area contributed by atoms with E-state index < -0.39 is 0 Å². The number of rotatable bonds is 5. The van der Waals surface area contributed by atoms with Gasteiger partial charge in [-0.15, -0.1) is 0 Å². The highest BCUT2D eigenvalue weighted by Gasteiger charge is 2.23. The Morgan fingerprint density at radius 1 is 1.12 bits per heavy atom. The fourth-order valence-corrected chi connectivity index (χ4v) is 5.49. The number of benzene rings is 2. The molecule has 1 fully saturated rings. The number of nitrogens with zero attached hydrogens (tertiary/aromatic N) is 3. The predicted molar refractivity (Wildman–Crippen MR) is 131 cm³/mol. The Labute approximate surface area is 192 Å². The Hall–Kier alpha value is -3.12. The number of para-hydroxylation sites is 1. The number of aliphatic imine (C=N–C) groups is 1. The highest BCUT2D eigenvalue weighted by atomic mass is 32.1. The quantitative estimate of drug-likeness (QED) is 0.478. The lowest BCUT2D eigenvalue weighted by Gasteiger charge is -2.23. The van der Waals surface area contributed by atoms with Crippen molar-refractivity contribution >= 4 is 40.6 Å². The van der Waals surface area contributed by atoms with Crippen LogP contribution in [0.3, 0.4) is 0 Å². The van der Waals surface area contributed by atoms with Gasteiger partial charge in [-0.05, 0) is 56.2 Å². The summed E-state index contributed by atoms with van der Waals surface area (Å²) in [5.74, 6) is 1.14. The molecule has 2 aromatic carbocycles. The summed E-state index contributed by atoms with van der Waals surface area (Å²) < 4.78 is 7.60. The SMILES string of the molecule is CCOc1ccc(N=c2sc(C=C3C=Nc4ccccc43)c(O)n2C2CCCCC2)cc1. The maximum Gasteiger partial charge on any atom is 0.211 e. The Balaban J connectivity index is 1.58. The molecule has 2 heterocycles. The molecule has 0 unspecified atom stereocenters. The van der Waals surface area contributed by atoms with Crippen LogP contribution in [0.1, 0.15) is 55.5 Å². The number of hydrogen-bond acceptors (Lipinski definition) is 5. The molecule has 0 amide bonds. The van der Waals surface area contributed by atoms with Crippen molar-refractivity contribution in [3.8, 4) is 11.6 Å². The van der Waals surface area contributed by atoms with Crippen molar-refractivity contribution in [2.45, 2.75) is 45.1 Å². The van der Waals surface area contributed by atoms with E-state index in [0.717, 1.165) is 50.8 Å². The number of aromatic hydroxyl groups is 1. The third-order valence-electron chi connectivity index (χ3n) is 6.01. The Morgan fingerprint density at radius 3 is 2.69 bits per heavy atom. The summed E-state index contributed by atoms with van der Waals surface area (Å²) in [6.07, 6.45) is 9.68. The first-order chi connectivity index (χ1) is 15.7. The molecule has 0 spiro atoms. The molecule has 5 nitrogen and oxygen atoms in total. The van der Waals surface area contributed by atoms with Gasteiger partial charge in [-0.3, -0.25) is 9.56 Å². The fraction of sp³-hybridized carbons (Fsp3) is 0.308. The standard InChI is InChI=1S/C26H27N3O2S/c1-2-31-21-14-12-19(13-15-21)28-26-29(20-8-4-3-5-9-20)25(30)24(32-26)16-18-17-27-23-11-7-6-10-22(18)23/h6-7,10-17,20,30H,2-5,8-9H2,1H3. The van der Waals surface area contributed by atoms with Gasteiger partial charge in [0, 0.05) is 23.4 Å². The molecule has 1 aromatic heterocycles. The van der Waals surface area contributed by atoms with E-state index in [9.17, 15) is 5.11 Å². The van der Waals surface area contributed by atoms with E-state index >= 15 is 0 Å². The summed E-state index contributed by atoms with van der Waals surface area (Å²) in [7, 11) is 0. The van der Waals surface area contributed by atoms with Gasteiger partial charge in [-0.1, -0.05) is 48.8 Å². The fourth-order valence-electron chi connectivity index (χ4n) is 4.43. The number of fused-ring (bicyclic) bond motifs is 1. The molecule has 1 aliphatic heterocycles. The molecule has 0 atom stereocenters. The normalized spacial score (nSPS) is 17.8. The Bertz CT molecular complexity index is 1230. The maximum atomic E-state index is 11.3. The molecule has 1 N–H and O–H groups in total. The molecular formula is C26H27N3O2S. The van der Waals surface area contributed by atoms with Crippen LogP contribution in [0.5, 0.6) is 11.6 Å². The number of thiazole rings is 1. The highest BCUT2D eigenvalue weighted by Crippen LogP contribution is 2.37. The van der Waals surface area contributed by atoms with E-state index in [1.807, 2.05) is 66.2 Å². The molecule has 0 bridgehead atoms. The molecule has 0 saturated heterocycles. The van der Waals surface area contributed by atoms with E-state index in [4.69, 9.17) is 9.73 Å². The van der Waals surface area contributed by atoms with Gasteiger partial charge in [0.15, 0.2) is 4.80 Å². The Kier molecular flexibility index (Phi) is 5.95. The lowest BCUT2D eigenvalue weighted by Crippen LogP contribution is -2.22. The number of aromatic nitrogens is 1. The van der Waals surface area contributed by atoms with Crippen molar-refractivity contribution in [2.75, 3.05) is 6.61 Å². The van der Waals surface area contributed by atoms with E-state index in [1.54, 1.807) is 0 Å². The van der Waals surface area contributed by atoms with E-state index in [1.165, 1.54) is 30.6 Å². The van der Waals surface area contributed by atoms with Crippen molar-refractivity contribution in [1.82, 2.24) is 4.57 Å². The largest absolute Gasteiger partial charge is 0.494 e. The van der Waals surface area contributed by atoms with Crippen molar-refractivity contribution in [3.05, 3.63) is 63.8 Å². The zero-order valence-corrected chi connectivity index (χ0v) is 19.0. The summed E-state index contributed by atoms with van der Waals surface area (Å²) in [5.41, 5.74) is 3.93. The van der Waals surface area contributed by atoms with Gasteiger partial charge in [0.1, 0.15) is 5.75 Å². The molecule has 2 aliphatic rings. The first-order valence-corrected chi connectivity index (χ1v) is 12.1. The maximum absolute atomic E-state index is 11.3. The van der Waals surface area contributed by atoms with Gasteiger partial charge in [-0.25, -0.2) is 4.99 Å². The average Bonchev–Trinajstić information content (AvgIpc) is 3.37. The first kappa shape index (κ1) is 20.8. The minimum Gasteiger partial charge on any atom is -0.494 e. The second kappa shape index (κ2) is 9.17. The molecule has 32 heavy (non-hydrogen) atoms. The second-order valence-electron chi connectivity index (χ2n) is 8.15. The first-order valence-electron chi connectivity index (χ1n) is 11.3. The molecule has 1 saturated carbocycles. The summed E-state index contributed by atoms with van der Waals surface area (Å²) >= 11 is 1.53. The lowest BCUT2D eigenvalue weighted by atomic mass is 9.95. The minimum atomic E-state index is 0.276. The van der Waals surface area contributed by atoms with Crippen molar-refractivity contribution in [3.63, 3.8) is 0 Å². The summed E-state index contributed by atoms with van der Waals surface area (Å²) in [4.78, 5) is 11.1. The van der Waals surface area contributed by atoms with E-state index in [-0.39, 0.29) is 6.04 Å². The zero-order chi connectivity index (χ0) is 21.9. The van der Waals surface area contributed by atoms with Crippen molar-refractivity contribution < 1.29 is 9.84 Å². The third-order valence-corrected chi connectivity index (χ3v) is 7.00. The van der Waals surface area contributed by atoms with Crippen LogP contribution in [-0.4, -0.2) is 22.5 Å². The zero-order valence-electron chi connectivity index (χ0n) is 18.2. The number of hydrogen-bond donors (Lipinski definition) is 1. The smallest absolute Gasteiger partial charge is 0.211 e. The van der Waals surface area contributed by atoms with Gasteiger partial charge in [0.05, 0.1) is 22.9 Å². The number of allylic oxidation sites excluding steroid dienone is 1. The molecule has 164 valence electrons. The molecule has 0 radical (unpaired) electrons. The van der Waals surface area contributed by atoms with E-state index in [2.05, 4.69) is 11.1 Å². The average molecular weight is 446 g/mol. The summed E-state index contributed by atoms with van der Waals surface area (Å²) in [6.45, 7) is 2.62. The summed E-state index contributed by atoms with van der Waals surface area (Å²) in [6, 6.07) is 16.2. The van der Waals surface area contributed by atoms with Crippen LogP contribution in [0.4, 0.5) is 11.4 Å². The van der Waals surface area contributed by atoms with Gasteiger partial charge >= 0.3 is 0 Å². The van der Waals surface area contributed by atoms with Crippen molar-refractivity contribution in [2.24, 2.45) is 9.98 Å². The van der Waals surface area contributed by atoms with Gasteiger partial charge in [0.25, 0.3) is 0 Å². The second-order valence-corrected chi connectivity index (χ2v) is 9.16. The van der Waals surface area contributed by atoms with Crippen LogP contribution in [-0.2, 0) is 0 Å². The molecule has 5 rings (SSSR count). The van der Waals surface area contributed by atoms with Crippen LogP contribution >= 0.6 is 11.3 Å². The molecule has 6 heteroatoms. The van der Waals surface area contributed by atoms with Crippen LogP contribution in [0.2, 0.25) is 0 Å².